The number of nitrogens with zero attached hydrogens (tertiary/aromatic N) is 1. The molecule has 1 aromatic rings. The second-order valence-electron chi connectivity index (χ2n) is 3.85. The molecule has 3 N–H and O–H groups in total. The van der Waals surface area contributed by atoms with Crippen LogP contribution in [-0.4, -0.2) is 17.5 Å². The van der Waals surface area contributed by atoms with Crippen LogP contribution < -0.4 is 11.1 Å². The van der Waals surface area contributed by atoms with E-state index in [0.717, 1.165) is 6.07 Å². The van der Waals surface area contributed by atoms with Crippen LogP contribution in [0.1, 0.15) is 13.8 Å². The van der Waals surface area contributed by atoms with E-state index in [2.05, 4.69) is 5.32 Å². The van der Waals surface area contributed by atoms with E-state index in [1.54, 1.807) is 13.8 Å². The van der Waals surface area contributed by atoms with Crippen molar-refractivity contribution in [2.75, 3.05) is 17.7 Å². The Morgan fingerprint density at radius 3 is 2.80 bits per heavy atom. The van der Waals surface area contributed by atoms with Gasteiger partial charge in [-0.3, -0.25) is 10.1 Å². The largest absolute Gasteiger partial charge is 0.463 e. The van der Waals surface area contributed by atoms with Crippen LogP contribution in [0.3, 0.4) is 0 Å². The van der Waals surface area contributed by atoms with Crippen LogP contribution in [0.2, 0.25) is 5.02 Å². The average Bonchev–Trinajstić information content (AvgIpc) is 2.34. The molecule has 0 fully saturated rings. The Morgan fingerprint density at radius 2 is 2.25 bits per heavy atom. The van der Waals surface area contributed by atoms with Gasteiger partial charge >= 0.3 is 5.97 Å². The van der Waals surface area contributed by atoms with Crippen molar-refractivity contribution in [3.63, 3.8) is 0 Å². The number of nitrogens with one attached hydrogen (secondary N) is 1. The van der Waals surface area contributed by atoms with Crippen LogP contribution in [0.25, 0.3) is 0 Å². The number of carbonyl (C=O) groups excluding carboxylic acids is 1. The molecule has 1 aromatic carbocycles. The molecule has 0 bridgehead atoms. The molecule has 0 saturated carbocycles. The van der Waals surface area contributed by atoms with Gasteiger partial charge in [0, 0.05) is 23.9 Å². The molecule has 7 nitrogen and oxygen atoms in total. The lowest BCUT2D eigenvalue weighted by molar-refractivity contribution is -0.384. The molecule has 1 rings (SSSR count). The molecule has 0 amide bonds. The van der Waals surface area contributed by atoms with E-state index < -0.39 is 10.9 Å². The number of ether oxygens (including phenoxy) is 1. The Hall–Kier alpha value is -2.28. The number of nitrogens with two attached hydrogens (primary N) is 1. The van der Waals surface area contributed by atoms with E-state index in [4.69, 9.17) is 22.1 Å². The minimum Gasteiger partial charge on any atom is -0.463 e. The fourth-order valence-corrected chi connectivity index (χ4v) is 1.64. The zero-order valence-corrected chi connectivity index (χ0v) is 11.7. The van der Waals surface area contributed by atoms with Gasteiger partial charge in [-0.25, -0.2) is 4.79 Å². The number of anilines is 2. The predicted molar refractivity (Wildman–Crippen MR) is 76.5 cm³/mol. The first kappa shape index (κ1) is 15.8. The number of nitro groups is 1. The summed E-state index contributed by atoms with van der Waals surface area (Å²) < 4.78 is 4.75. The van der Waals surface area contributed by atoms with Gasteiger partial charge in [0.2, 0.25) is 0 Å². The lowest BCUT2D eigenvalue weighted by atomic mass is 10.2. The van der Waals surface area contributed by atoms with Crippen molar-refractivity contribution >= 4 is 34.6 Å². The average molecular weight is 300 g/mol. The monoisotopic (exact) mass is 299 g/mol. The number of rotatable bonds is 5. The first-order valence-electron chi connectivity index (χ1n) is 5.70. The van der Waals surface area contributed by atoms with Crippen molar-refractivity contribution in [2.24, 2.45) is 0 Å². The van der Waals surface area contributed by atoms with E-state index in [1.165, 1.54) is 12.1 Å². The third-order valence-corrected chi connectivity index (χ3v) is 2.59. The summed E-state index contributed by atoms with van der Waals surface area (Å²) in [7, 11) is 0. The number of hydrogen-bond acceptors (Lipinski definition) is 6. The lowest BCUT2D eigenvalue weighted by Gasteiger charge is -2.10. The minimum absolute atomic E-state index is 0.0608. The quantitative estimate of drug-likeness (QED) is 0.284. The summed E-state index contributed by atoms with van der Waals surface area (Å²) in [4.78, 5) is 21.4. The number of halogens is 1. The lowest BCUT2D eigenvalue weighted by Crippen LogP contribution is -2.06. The van der Waals surface area contributed by atoms with Crippen LogP contribution >= 0.6 is 11.6 Å². The van der Waals surface area contributed by atoms with Crippen molar-refractivity contribution in [3.05, 3.63) is 39.0 Å². The Balaban J connectivity index is 3.02. The van der Waals surface area contributed by atoms with Crippen LogP contribution in [0.5, 0.6) is 0 Å². The van der Waals surface area contributed by atoms with Gasteiger partial charge in [0.05, 0.1) is 27.9 Å². The SMILES string of the molecule is CCOC(=O)/C=C(/C)Nc1cc([N+](=O)[O-])cc(Cl)c1N. The summed E-state index contributed by atoms with van der Waals surface area (Å²) in [6, 6.07) is 2.40. The number of nitrogen functional groups attached to an aromatic ring is 1. The molecule has 8 heteroatoms. The van der Waals surface area contributed by atoms with E-state index in [1.807, 2.05) is 0 Å². The Labute approximate surface area is 120 Å². The number of hydrogen-bond donors (Lipinski definition) is 2. The van der Waals surface area contributed by atoms with Crippen molar-refractivity contribution in [3.8, 4) is 0 Å². The molecule has 0 spiro atoms. The molecule has 0 aliphatic rings. The zero-order chi connectivity index (χ0) is 15.3. The summed E-state index contributed by atoms with van der Waals surface area (Å²) in [5, 5.41) is 13.6. The molecule has 0 atom stereocenters. The molecule has 0 aliphatic heterocycles. The van der Waals surface area contributed by atoms with Gasteiger partial charge in [0.1, 0.15) is 0 Å². The predicted octanol–water partition coefficient (Wildman–Crippen LogP) is 2.71. The minimum atomic E-state index is -0.582. The first-order chi connectivity index (χ1) is 9.35. The van der Waals surface area contributed by atoms with Gasteiger partial charge in [-0.1, -0.05) is 11.6 Å². The summed E-state index contributed by atoms with van der Waals surface area (Å²) in [5.41, 5.74) is 6.37. The number of esters is 1. The third-order valence-electron chi connectivity index (χ3n) is 2.28. The van der Waals surface area contributed by atoms with Crippen molar-refractivity contribution in [1.29, 1.82) is 0 Å². The van der Waals surface area contributed by atoms with Crippen LogP contribution in [0.4, 0.5) is 17.1 Å². The Morgan fingerprint density at radius 1 is 1.60 bits per heavy atom. The maximum atomic E-state index is 11.3. The highest BCUT2D eigenvalue weighted by molar-refractivity contribution is 6.34. The first-order valence-corrected chi connectivity index (χ1v) is 6.08. The molecule has 108 valence electrons. The van der Waals surface area contributed by atoms with E-state index in [-0.39, 0.29) is 28.7 Å². The van der Waals surface area contributed by atoms with Gasteiger partial charge < -0.3 is 15.8 Å². The second kappa shape index (κ2) is 6.76. The highest BCUT2D eigenvalue weighted by Crippen LogP contribution is 2.33. The highest BCUT2D eigenvalue weighted by atomic mass is 35.5. The molecule has 0 radical (unpaired) electrons. The summed E-state index contributed by atoms with van der Waals surface area (Å²) in [5.74, 6) is -0.521. The molecule has 0 saturated heterocycles. The number of benzene rings is 1. The maximum Gasteiger partial charge on any atom is 0.332 e. The van der Waals surface area contributed by atoms with Gasteiger partial charge in [-0.15, -0.1) is 0 Å². The second-order valence-corrected chi connectivity index (χ2v) is 4.26. The number of nitro benzene ring substituents is 1. The topological polar surface area (TPSA) is 107 Å². The van der Waals surface area contributed by atoms with Crippen LogP contribution in [-0.2, 0) is 9.53 Å². The smallest absolute Gasteiger partial charge is 0.332 e. The van der Waals surface area contributed by atoms with Crippen molar-refractivity contribution in [1.82, 2.24) is 0 Å². The normalized spacial score (nSPS) is 11.1. The summed E-state index contributed by atoms with van der Waals surface area (Å²) in [6.07, 6.45) is 1.22. The van der Waals surface area contributed by atoms with Gasteiger partial charge in [-0.2, -0.15) is 0 Å². The van der Waals surface area contributed by atoms with Crippen molar-refractivity contribution < 1.29 is 14.5 Å². The molecule has 0 unspecified atom stereocenters. The number of allylic oxidation sites excluding steroid dienone is 1. The molecular weight excluding hydrogens is 286 g/mol. The van der Waals surface area contributed by atoms with Crippen LogP contribution in [0.15, 0.2) is 23.9 Å². The summed E-state index contributed by atoms with van der Waals surface area (Å²) >= 11 is 5.82. The van der Waals surface area contributed by atoms with E-state index >= 15 is 0 Å². The molecule has 20 heavy (non-hydrogen) atoms. The van der Waals surface area contributed by atoms with E-state index in [0.29, 0.717) is 5.70 Å². The maximum absolute atomic E-state index is 11.3. The Bertz CT molecular complexity index is 572. The van der Waals surface area contributed by atoms with Crippen LogP contribution in [0, 0.1) is 10.1 Å². The van der Waals surface area contributed by atoms with E-state index in [9.17, 15) is 14.9 Å². The fraction of sp³-hybridized carbons (Fsp3) is 0.250. The standard InChI is InChI=1S/C12H14ClN3O4/c1-3-20-11(17)4-7(2)15-10-6-8(16(18)19)5-9(13)12(10)14/h4-6,15H,3,14H2,1-2H3/b7-4-. The fourth-order valence-electron chi connectivity index (χ4n) is 1.42. The highest BCUT2D eigenvalue weighted by Gasteiger charge is 2.14. The van der Waals surface area contributed by atoms with Crippen molar-refractivity contribution in [2.45, 2.75) is 13.8 Å². The zero-order valence-electron chi connectivity index (χ0n) is 11.0. The number of non-ortho nitro benzene ring substituents is 1. The Kier molecular flexibility index (Phi) is 5.33. The van der Waals surface area contributed by atoms with Gasteiger partial charge in [-0.05, 0) is 13.8 Å². The molecule has 0 aliphatic carbocycles. The third kappa shape index (κ3) is 4.13. The molecular formula is C12H14ClN3O4. The molecule has 0 aromatic heterocycles. The summed E-state index contributed by atoms with van der Waals surface area (Å²) in [6.45, 7) is 3.54. The van der Waals surface area contributed by atoms with Gasteiger partial charge in [0.15, 0.2) is 0 Å². The number of carbonyl (C=O) groups is 1. The van der Waals surface area contributed by atoms with Gasteiger partial charge in [0.25, 0.3) is 5.69 Å². The molecule has 0 heterocycles.